The van der Waals surface area contributed by atoms with E-state index < -0.39 is 5.41 Å². The monoisotopic (exact) mass is 428 g/mol. The van der Waals surface area contributed by atoms with E-state index in [9.17, 15) is 4.79 Å². The van der Waals surface area contributed by atoms with Crippen LogP contribution in [-0.4, -0.2) is 24.3 Å². The number of carbonyl (C=O) groups is 1. The number of rotatable bonds is 8. The van der Waals surface area contributed by atoms with Crippen LogP contribution < -0.4 is 0 Å². The molecular formula is C28H44O3. The molecule has 1 saturated heterocycles. The number of carbonyl (C=O) groups excluding carboxylic acids is 1. The number of ether oxygens (including phenoxy) is 2. The Kier molecular flexibility index (Phi) is 9.81. The van der Waals surface area contributed by atoms with Crippen molar-refractivity contribution in [2.24, 2.45) is 10.8 Å². The molecule has 0 aromatic carbocycles. The summed E-state index contributed by atoms with van der Waals surface area (Å²) in [6, 6.07) is 0. The van der Waals surface area contributed by atoms with Crippen molar-refractivity contribution in [3.05, 3.63) is 48.1 Å². The summed E-state index contributed by atoms with van der Waals surface area (Å²) in [5, 5.41) is 0. The molecule has 3 atom stereocenters. The predicted molar refractivity (Wildman–Crippen MR) is 130 cm³/mol. The quantitative estimate of drug-likeness (QED) is 0.174. The van der Waals surface area contributed by atoms with Crippen molar-refractivity contribution >= 4 is 5.97 Å². The molecule has 0 radical (unpaired) electrons. The Morgan fingerprint density at radius 1 is 1.03 bits per heavy atom. The fraction of sp³-hybridized carbons (Fsp3) is 0.679. The van der Waals surface area contributed by atoms with Crippen LogP contribution in [0.25, 0.3) is 0 Å². The molecule has 0 aromatic rings. The minimum absolute atomic E-state index is 0.137. The molecule has 3 heteroatoms. The summed E-state index contributed by atoms with van der Waals surface area (Å²) in [5.41, 5.74) is 0.382. The van der Waals surface area contributed by atoms with Crippen molar-refractivity contribution in [3.63, 3.8) is 0 Å². The van der Waals surface area contributed by atoms with Crippen molar-refractivity contribution in [2.75, 3.05) is 0 Å². The second-order valence-corrected chi connectivity index (χ2v) is 10.1. The third-order valence-corrected chi connectivity index (χ3v) is 7.36. The summed E-state index contributed by atoms with van der Waals surface area (Å²) in [4.78, 5) is 13.1. The Morgan fingerprint density at radius 3 is 2.52 bits per heavy atom. The molecule has 2 rings (SSSR count). The maximum absolute atomic E-state index is 13.1. The molecule has 174 valence electrons. The van der Waals surface area contributed by atoms with Gasteiger partial charge in [0.25, 0.3) is 0 Å². The average Bonchev–Trinajstić information content (AvgIpc) is 3.48. The predicted octanol–water partition coefficient (Wildman–Crippen LogP) is 7.49. The van der Waals surface area contributed by atoms with E-state index >= 15 is 0 Å². The Hall–Kier alpha value is -1.61. The van der Waals surface area contributed by atoms with Gasteiger partial charge in [0.2, 0.25) is 0 Å². The maximum Gasteiger partial charge on any atom is 0.312 e. The molecule has 2 aliphatic rings. The van der Waals surface area contributed by atoms with Gasteiger partial charge in [-0.15, -0.1) is 0 Å². The van der Waals surface area contributed by atoms with Gasteiger partial charge in [-0.2, -0.15) is 0 Å². The first kappa shape index (κ1) is 25.6. The van der Waals surface area contributed by atoms with E-state index in [1.54, 1.807) is 0 Å². The van der Waals surface area contributed by atoms with Gasteiger partial charge in [-0.1, -0.05) is 75.6 Å². The zero-order chi connectivity index (χ0) is 22.9. The minimum atomic E-state index is -0.600. The first-order valence-electron chi connectivity index (χ1n) is 12.2. The van der Waals surface area contributed by atoms with Crippen molar-refractivity contribution in [1.82, 2.24) is 0 Å². The molecule has 0 aromatic heterocycles. The van der Waals surface area contributed by atoms with Gasteiger partial charge >= 0.3 is 5.97 Å². The Morgan fingerprint density at radius 2 is 1.77 bits per heavy atom. The smallest absolute Gasteiger partial charge is 0.312 e. The normalized spacial score (nSPS) is 31.5. The molecule has 3 unspecified atom stereocenters. The van der Waals surface area contributed by atoms with Crippen LogP contribution in [0.15, 0.2) is 48.1 Å². The van der Waals surface area contributed by atoms with E-state index in [4.69, 9.17) is 9.47 Å². The van der Waals surface area contributed by atoms with Gasteiger partial charge in [0.1, 0.15) is 6.10 Å². The highest BCUT2D eigenvalue weighted by Crippen LogP contribution is 2.45. The van der Waals surface area contributed by atoms with E-state index in [0.29, 0.717) is 18.6 Å². The molecule has 2 heterocycles. The van der Waals surface area contributed by atoms with Gasteiger partial charge in [-0.3, -0.25) is 4.79 Å². The summed E-state index contributed by atoms with van der Waals surface area (Å²) in [6.07, 6.45) is 24.1. The van der Waals surface area contributed by atoms with E-state index in [2.05, 4.69) is 58.1 Å². The molecule has 0 amide bonds. The van der Waals surface area contributed by atoms with E-state index in [1.807, 2.05) is 26.0 Å². The maximum atomic E-state index is 13.1. The zero-order valence-electron chi connectivity index (χ0n) is 20.7. The van der Waals surface area contributed by atoms with Crippen LogP contribution in [0.5, 0.6) is 0 Å². The largest absolute Gasteiger partial charge is 0.457 e. The SMILES string of the molecule is CCCCC1OC1CCC=CC=CC1C/C=C\CC/C=C(/C)C(C)(C)C(C)(C)C(=O)O1. The van der Waals surface area contributed by atoms with Crippen LogP contribution in [-0.2, 0) is 14.3 Å². The third-order valence-electron chi connectivity index (χ3n) is 7.36. The molecule has 2 aliphatic heterocycles. The van der Waals surface area contributed by atoms with Gasteiger partial charge in [0.15, 0.2) is 0 Å². The lowest BCUT2D eigenvalue weighted by Gasteiger charge is -2.41. The summed E-state index contributed by atoms with van der Waals surface area (Å²) in [5.74, 6) is -0.137. The highest BCUT2D eigenvalue weighted by atomic mass is 16.6. The number of hydrogen-bond acceptors (Lipinski definition) is 3. The number of cyclic esters (lactones) is 1. The molecule has 0 bridgehead atoms. The number of esters is 1. The van der Waals surface area contributed by atoms with Crippen LogP contribution in [0.3, 0.4) is 0 Å². The first-order chi connectivity index (χ1) is 14.7. The number of allylic oxidation sites excluding steroid dienone is 6. The van der Waals surface area contributed by atoms with E-state index in [0.717, 1.165) is 25.7 Å². The highest BCUT2D eigenvalue weighted by molar-refractivity contribution is 5.78. The average molecular weight is 429 g/mol. The molecule has 3 nitrogen and oxygen atoms in total. The Balaban J connectivity index is 1.91. The number of epoxide rings is 1. The van der Waals surface area contributed by atoms with Crippen LogP contribution in [0, 0.1) is 10.8 Å². The van der Waals surface area contributed by atoms with Crippen LogP contribution in [0.1, 0.15) is 92.9 Å². The Labute approximate surface area is 190 Å². The van der Waals surface area contributed by atoms with Crippen LogP contribution >= 0.6 is 0 Å². The second kappa shape index (κ2) is 11.9. The van der Waals surface area contributed by atoms with Gasteiger partial charge in [-0.25, -0.2) is 0 Å². The summed E-state index contributed by atoms with van der Waals surface area (Å²) in [7, 11) is 0. The summed E-state index contributed by atoms with van der Waals surface area (Å²) >= 11 is 0. The van der Waals surface area contributed by atoms with Crippen molar-refractivity contribution in [2.45, 2.75) is 111 Å². The summed E-state index contributed by atoms with van der Waals surface area (Å²) in [6.45, 7) is 12.6. The van der Waals surface area contributed by atoms with Gasteiger partial charge < -0.3 is 9.47 Å². The lowest BCUT2D eigenvalue weighted by Crippen LogP contribution is -2.42. The van der Waals surface area contributed by atoms with Crippen LogP contribution in [0.2, 0.25) is 0 Å². The van der Waals surface area contributed by atoms with Crippen LogP contribution in [0.4, 0.5) is 0 Å². The van der Waals surface area contributed by atoms with Crippen molar-refractivity contribution in [1.29, 1.82) is 0 Å². The molecule has 0 spiro atoms. The lowest BCUT2D eigenvalue weighted by atomic mass is 9.64. The number of unbranched alkanes of at least 4 members (excludes halogenated alkanes) is 1. The fourth-order valence-electron chi connectivity index (χ4n) is 3.91. The zero-order valence-corrected chi connectivity index (χ0v) is 20.7. The molecular weight excluding hydrogens is 384 g/mol. The molecule has 31 heavy (non-hydrogen) atoms. The van der Waals surface area contributed by atoms with E-state index in [1.165, 1.54) is 24.8 Å². The minimum Gasteiger partial charge on any atom is -0.457 e. The van der Waals surface area contributed by atoms with Gasteiger partial charge in [0, 0.05) is 11.8 Å². The first-order valence-corrected chi connectivity index (χ1v) is 12.2. The lowest BCUT2D eigenvalue weighted by molar-refractivity contribution is -0.162. The second-order valence-electron chi connectivity index (χ2n) is 10.1. The van der Waals surface area contributed by atoms with Crippen molar-refractivity contribution < 1.29 is 14.3 Å². The molecule has 0 saturated carbocycles. The molecule has 1 fully saturated rings. The molecule has 0 aliphatic carbocycles. The topological polar surface area (TPSA) is 38.8 Å². The summed E-state index contributed by atoms with van der Waals surface area (Å²) < 4.78 is 11.7. The number of hydrogen-bond donors (Lipinski definition) is 0. The standard InChI is InChI=1S/C28H44O3/c1-7-8-20-24-25(31-24)21-16-12-11-15-19-23-18-14-10-9-13-17-22(2)27(3,4)28(5,6)26(29)30-23/h10-12,14-15,17,19,23-25H,7-9,13,16,18,20-21H2,1-6H3/b12-11?,14-10-,19-15?,22-17-. The third kappa shape index (κ3) is 7.49. The fourth-order valence-corrected chi connectivity index (χ4v) is 3.91. The highest BCUT2D eigenvalue weighted by Gasteiger charge is 2.46. The molecule has 0 N–H and O–H groups in total. The van der Waals surface area contributed by atoms with E-state index in [-0.39, 0.29) is 17.5 Å². The Bertz CT molecular complexity index is 693. The van der Waals surface area contributed by atoms with Gasteiger partial charge in [-0.05, 0) is 59.0 Å². The van der Waals surface area contributed by atoms with Crippen molar-refractivity contribution in [3.8, 4) is 0 Å². The van der Waals surface area contributed by atoms with Gasteiger partial charge in [0.05, 0.1) is 17.6 Å².